The number of rotatable bonds is 7. The van der Waals surface area contributed by atoms with Crippen LogP contribution in [0.2, 0.25) is 0 Å². The molecule has 0 spiro atoms. The van der Waals surface area contributed by atoms with Crippen LogP contribution in [0.5, 0.6) is 0 Å². The van der Waals surface area contributed by atoms with Gasteiger partial charge >= 0.3 is 0 Å². The van der Waals surface area contributed by atoms with Gasteiger partial charge in [0.1, 0.15) is 0 Å². The summed E-state index contributed by atoms with van der Waals surface area (Å²) in [6, 6.07) is 0. The van der Waals surface area contributed by atoms with Gasteiger partial charge < -0.3 is 4.48 Å². The molecule has 1 nitrogen and oxygen atoms in total. The van der Waals surface area contributed by atoms with E-state index in [0.717, 1.165) is 23.7 Å². The van der Waals surface area contributed by atoms with E-state index in [1.54, 1.807) is 0 Å². The van der Waals surface area contributed by atoms with E-state index in [2.05, 4.69) is 41.2 Å². The number of allylic oxidation sites excluding steroid dienone is 2. The topological polar surface area (TPSA) is 0 Å². The lowest BCUT2D eigenvalue weighted by atomic mass is 9.95. The first-order valence-electron chi connectivity index (χ1n) is 5.47. The first kappa shape index (κ1) is 13.4. The van der Waals surface area contributed by atoms with Crippen LogP contribution in [-0.2, 0) is 0 Å². The van der Waals surface area contributed by atoms with Gasteiger partial charge in [0.2, 0.25) is 0 Å². The van der Waals surface area contributed by atoms with Crippen LogP contribution >= 0.6 is 0 Å². The maximum atomic E-state index is 4.08. The third kappa shape index (κ3) is 6.90. The van der Waals surface area contributed by atoms with Crippen molar-refractivity contribution >= 4 is 0 Å². The molecular formula is C13H26N+. The van der Waals surface area contributed by atoms with Gasteiger partial charge in [-0.05, 0) is 19.3 Å². The van der Waals surface area contributed by atoms with Crippen LogP contribution in [0, 0.1) is 5.92 Å². The first-order chi connectivity index (χ1) is 6.39. The Morgan fingerprint density at radius 3 is 2.29 bits per heavy atom. The van der Waals surface area contributed by atoms with Crippen molar-refractivity contribution in [3.05, 3.63) is 24.8 Å². The maximum Gasteiger partial charge on any atom is 0.0815 e. The highest BCUT2D eigenvalue weighted by molar-refractivity contribution is 4.95. The number of hydrogen-bond donors (Lipinski definition) is 0. The van der Waals surface area contributed by atoms with E-state index in [0.29, 0.717) is 5.92 Å². The Hall–Kier alpha value is -0.560. The molecule has 0 aliphatic rings. The van der Waals surface area contributed by atoms with Crippen LogP contribution in [0.4, 0.5) is 0 Å². The molecule has 82 valence electrons. The van der Waals surface area contributed by atoms with Gasteiger partial charge in [-0.3, -0.25) is 0 Å². The summed E-state index contributed by atoms with van der Waals surface area (Å²) in [5.74, 6) is 0.708. The molecule has 0 rings (SSSR count). The third-order valence-corrected chi connectivity index (χ3v) is 2.38. The van der Waals surface area contributed by atoms with Gasteiger partial charge in [0, 0.05) is 5.92 Å². The SMILES string of the molecule is C=CCC(CC(=C)CC)C[N+](C)(C)C. The first-order valence-corrected chi connectivity index (χ1v) is 5.47. The summed E-state index contributed by atoms with van der Waals surface area (Å²) in [5, 5.41) is 0. The van der Waals surface area contributed by atoms with E-state index in [1.807, 2.05) is 6.08 Å². The minimum atomic E-state index is 0.708. The molecule has 1 atom stereocenters. The van der Waals surface area contributed by atoms with E-state index < -0.39 is 0 Å². The van der Waals surface area contributed by atoms with Gasteiger partial charge in [0.25, 0.3) is 0 Å². The fourth-order valence-corrected chi connectivity index (χ4v) is 1.79. The predicted molar refractivity (Wildman–Crippen MR) is 65.3 cm³/mol. The van der Waals surface area contributed by atoms with Crippen molar-refractivity contribution in [1.82, 2.24) is 0 Å². The highest BCUT2D eigenvalue weighted by Gasteiger charge is 2.17. The zero-order chi connectivity index (χ0) is 11.2. The third-order valence-electron chi connectivity index (χ3n) is 2.38. The Labute approximate surface area is 89.7 Å². The zero-order valence-electron chi connectivity index (χ0n) is 10.3. The van der Waals surface area contributed by atoms with Crippen LogP contribution < -0.4 is 0 Å². The predicted octanol–water partition coefficient (Wildman–Crippen LogP) is 3.24. The van der Waals surface area contributed by atoms with Crippen molar-refractivity contribution in [2.45, 2.75) is 26.2 Å². The normalized spacial score (nSPS) is 13.7. The minimum absolute atomic E-state index is 0.708. The van der Waals surface area contributed by atoms with Gasteiger partial charge in [0.05, 0.1) is 27.7 Å². The number of nitrogens with zero attached hydrogens (tertiary/aromatic N) is 1. The Morgan fingerprint density at radius 2 is 1.93 bits per heavy atom. The van der Waals surface area contributed by atoms with Gasteiger partial charge in [-0.25, -0.2) is 0 Å². The van der Waals surface area contributed by atoms with Crippen LogP contribution in [0.3, 0.4) is 0 Å². The minimum Gasteiger partial charge on any atom is -0.331 e. The molecule has 0 aromatic heterocycles. The Morgan fingerprint density at radius 1 is 1.36 bits per heavy atom. The lowest BCUT2D eigenvalue weighted by Gasteiger charge is -2.29. The van der Waals surface area contributed by atoms with E-state index in [4.69, 9.17) is 0 Å². The molecule has 0 saturated heterocycles. The van der Waals surface area contributed by atoms with E-state index in [1.165, 1.54) is 12.1 Å². The lowest BCUT2D eigenvalue weighted by molar-refractivity contribution is -0.873. The van der Waals surface area contributed by atoms with Crippen molar-refractivity contribution in [3.8, 4) is 0 Å². The molecule has 1 unspecified atom stereocenters. The largest absolute Gasteiger partial charge is 0.331 e. The Kier molecular flexibility index (Phi) is 5.78. The van der Waals surface area contributed by atoms with Gasteiger partial charge in [-0.15, -0.1) is 6.58 Å². The quantitative estimate of drug-likeness (QED) is 0.433. The van der Waals surface area contributed by atoms with Crippen molar-refractivity contribution in [3.63, 3.8) is 0 Å². The molecular weight excluding hydrogens is 170 g/mol. The molecule has 0 fully saturated rings. The highest BCUT2D eigenvalue weighted by atomic mass is 15.3. The van der Waals surface area contributed by atoms with Crippen molar-refractivity contribution in [2.75, 3.05) is 27.7 Å². The highest BCUT2D eigenvalue weighted by Crippen LogP contribution is 2.19. The van der Waals surface area contributed by atoms with Gasteiger partial charge in [0.15, 0.2) is 0 Å². The molecule has 0 radical (unpaired) electrons. The second kappa shape index (κ2) is 6.02. The second-order valence-corrected chi connectivity index (χ2v) is 5.17. The molecule has 0 aliphatic heterocycles. The summed E-state index contributed by atoms with van der Waals surface area (Å²) in [5.41, 5.74) is 1.37. The van der Waals surface area contributed by atoms with Crippen LogP contribution in [0.15, 0.2) is 24.8 Å². The van der Waals surface area contributed by atoms with E-state index >= 15 is 0 Å². The summed E-state index contributed by atoms with van der Waals surface area (Å²) in [6.07, 6.45) is 5.39. The molecule has 0 heterocycles. The Balaban J connectivity index is 4.15. The summed E-state index contributed by atoms with van der Waals surface area (Å²) in [4.78, 5) is 0. The lowest BCUT2D eigenvalue weighted by Crippen LogP contribution is -2.39. The second-order valence-electron chi connectivity index (χ2n) is 5.17. The Bertz CT molecular complexity index is 186. The molecule has 0 aromatic rings. The zero-order valence-corrected chi connectivity index (χ0v) is 10.3. The maximum absolute atomic E-state index is 4.08. The molecule has 0 aromatic carbocycles. The fourth-order valence-electron chi connectivity index (χ4n) is 1.79. The molecule has 0 N–H and O–H groups in total. The fraction of sp³-hybridized carbons (Fsp3) is 0.692. The number of quaternary nitrogens is 1. The average Bonchev–Trinajstić information content (AvgIpc) is 2.01. The van der Waals surface area contributed by atoms with E-state index in [9.17, 15) is 0 Å². The molecule has 0 aliphatic carbocycles. The van der Waals surface area contributed by atoms with Crippen LogP contribution in [-0.4, -0.2) is 32.2 Å². The van der Waals surface area contributed by atoms with Crippen LogP contribution in [0.25, 0.3) is 0 Å². The van der Waals surface area contributed by atoms with Crippen LogP contribution in [0.1, 0.15) is 26.2 Å². The summed E-state index contributed by atoms with van der Waals surface area (Å²) < 4.78 is 1.02. The van der Waals surface area contributed by atoms with E-state index in [-0.39, 0.29) is 0 Å². The molecule has 0 bridgehead atoms. The summed E-state index contributed by atoms with van der Waals surface area (Å²) in [7, 11) is 6.72. The van der Waals surface area contributed by atoms with Crippen molar-refractivity contribution in [1.29, 1.82) is 0 Å². The summed E-state index contributed by atoms with van der Waals surface area (Å²) >= 11 is 0. The molecule has 1 heteroatoms. The van der Waals surface area contributed by atoms with Crippen molar-refractivity contribution in [2.24, 2.45) is 5.92 Å². The molecule has 14 heavy (non-hydrogen) atoms. The molecule has 0 saturated carbocycles. The standard InChI is InChI=1S/C13H26N/c1-7-9-13(10-12(3)8-2)11-14(4,5)6/h7,13H,1,3,8-11H2,2,4-6H3/q+1. The van der Waals surface area contributed by atoms with Gasteiger partial charge in [-0.1, -0.05) is 25.2 Å². The monoisotopic (exact) mass is 196 g/mol. The van der Waals surface area contributed by atoms with Gasteiger partial charge in [-0.2, -0.15) is 0 Å². The average molecular weight is 196 g/mol. The smallest absolute Gasteiger partial charge is 0.0815 e. The molecule has 0 amide bonds. The number of hydrogen-bond acceptors (Lipinski definition) is 0. The summed E-state index contributed by atoms with van der Waals surface area (Å²) in [6.45, 7) is 11.3. The van der Waals surface area contributed by atoms with Crippen molar-refractivity contribution < 1.29 is 4.48 Å².